The Bertz CT molecular complexity index is 343. The van der Waals surface area contributed by atoms with Crippen LogP contribution in [-0.2, 0) is 6.42 Å². The maximum atomic E-state index is 5.59. The van der Waals surface area contributed by atoms with Crippen LogP contribution in [0.3, 0.4) is 0 Å². The summed E-state index contributed by atoms with van der Waals surface area (Å²) < 4.78 is 0. The molecule has 2 N–H and O–H groups in total. The Hall–Kier alpha value is -0.860. The van der Waals surface area contributed by atoms with Crippen molar-refractivity contribution in [2.24, 2.45) is 11.7 Å². The highest BCUT2D eigenvalue weighted by Crippen LogP contribution is 2.15. The van der Waals surface area contributed by atoms with Crippen molar-refractivity contribution >= 4 is 0 Å². The van der Waals surface area contributed by atoms with Gasteiger partial charge in [-0.2, -0.15) is 0 Å². The van der Waals surface area contributed by atoms with E-state index in [4.69, 9.17) is 5.73 Å². The minimum Gasteiger partial charge on any atom is -0.330 e. The Morgan fingerprint density at radius 3 is 2.26 bits per heavy atom. The van der Waals surface area contributed by atoms with Gasteiger partial charge in [0, 0.05) is 13.1 Å². The highest BCUT2D eigenvalue weighted by atomic mass is 15.1. The monoisotopic (exact) mass is 262 g/mol. The van der Waals surface area contributed by atoms with Crippen LogP contribution in [0.5, 0.6) is 0 Å². The van der Waals surface area contributed by atoms with Crippen LogP contribution < -0.4 is 5.73 Å². The largest absolute Gasteiger partial charge is 0.330 e. The molecule has 1 atom stereocenters. The molecule has 19 heavy (non-hydrogen) atoms. The van der Waals surface area contributed by atoms with E-state index in [1.807, 2.05) is 0 Å². The molecule has 0 bridgehead atoms. The van der Waals surface area contributed by atoms with Gasteiger partial charge in [0.1, 0.15) is 0 Å². The van der Waals surface area contributed by atoms with Crippen LogP contribution in [-0.4, -0.2) is 31.6 Å². The standard InChI is InChI=1S/C17H30N2/c1-14(2)17-7-5-16(6-8-17)10-12-19(4)13-15(3)9-11-18/h5-8,14-15H,9-13,18H2,1-4H3. The smallest absolute Gasteiger partial charge is 0.00189 e. The molecule has 0 aliphatic rings. The minimum atomic E-state index is 0.619. The Morgan fingerprint density at radius 2 is 1.74 bits per heavy atom. The van der Waals surface area contributed by atoms with Gasteiger partial charge in [-0.15, -0.1) is 0 Å². The number of hydrogen-bond donors (Lipinski definition) is 1. The van der Waals surface area contributed by atoms with Crippen molar-refractivity contribution in [3.05, 3.63) is 35.4 Å². The van der Waals surface area contributed by atoms with Gasteiger partial charge in [0.2, 0.25) is 0 Å². The molecular formula is C17H30N2. The van der Waals surface area contributed by atoms with E-state index < -0.39 is 0 Å². The molecule has 0 spiro atoms. The summed E-state index contributed by atoms with van der Waals surface area (Å²) >= 11 is 0. The topological polar surface area (TPSA) is 29.3 Å². The Morgan fingerprint density at radius 1 is 1.11 bits per heavy atom. The predicted octanol–water partition coefficient (Wildman–Crippen LogP) is 3.27. The summed E-state index contributed by atoms with van der Waals surface area (Å²) in [6.07, 6.45) is 2.25. The molecule has 0 radical (unpaired) electrons. The molecule has 0 fully saturated rings. The molecule has 1 rings (SSSR count). The second-order valence-electron chi connectivity index (χ2n) is 6.09. The van der Waals surface area contributed by atoms with Gasteiger partial charge in [-0.05, 0) is 49.4 Å². The van der Waals surface area contributed by atoms with E-state index >= 15 is 0 Å². The maximum Gasteiger partial charge on any atom is 0.00189 e. The summed E-state index contributed by atoms with van der Waals surface area (Å²) in [5.74, 6) is 1.31. The zero-order chi connectivity index (χ0) is 14.3. The lowest BCUT2D eigenvalue weighted by molar-refractivity contribution is 0.283. The number of nitrogens with zero attached hydrogens (tertiary/aromatic N) is 1. The molecule has 2 heteroatoms. The van der Waals surface area contributed by atoms with E-state index in [1.165, 1.54) is 11.1 Å². The average molecular weight is 262 g/mol. The average Bonchev–Trinajstić information content (AvgIpc) is 2.37. The Kier molecular flexibility index (Phi) is 7.11. The summed E-state index contributed by atoms with van der Waals surface area (Å²) in [6.45, 7) is 9.81. The molecule has 1 aromatic rings. The number of nitrogens with two attached hydrogens (primary N) is 1. The van der Waals surface area contributed by atoms with Crippen LogP contribution in [0.4, 0.5) is 0 Å². The van der Waals surface area contributed by atoms with Crippen LogP contribution in [0.2, 0.25) is 0 Å². The lowest BCUT2D eigenvalue weighted by Crippen LogP contribution is -2.27. The molecule has 0 heterocycles. The normalized spacial score (nSPS) is 13.2. The van der Waals surface area contributed by atoms with Gasteiger partial charge in [0.25, 0.3) is 0 Å². The summed E-state index contributed by atoms with van der Waals surface area (Å²) in [4.78, 5) is 2.41. The number of hydrogen-bond acceptors (Lipinski definition) is 2. The Labute approximate surface area is 119 Å². The summed E-state index contributed by atoms with van der Waals surface area (Å²) in [5.41, 5.74) is 8.45. The van der Waals surface area contributed by atoms with Crippen LogP contribution >= 0.6 is 0 Å². The minimum absolute atomic E-state index is 0.619. The Balaban J connectivity index is 2.35. The lowest BCUT2D eigenvalue weighted by atomic mass is 10.0. The third kappa shape index (κ3) is 6.22. The summed E-state index contributed by atoms with van der Waals surface area (Å²) in [6, 6.07) is 9.06. The first-order valence-electron chi connectivity index (χ1n) is 7.50. The van der Waals surface area contributed by atoms with Crippen LogP contribution in [0.15, 0.2) is 24.3 Å². The van der Waals surface area contributed by atoms with E-state index in [1.54, 1.807) is 0 Å². The van der Waals surface area contributed by atoms with Gasteiger partial charge in [0.05, 0.1) is 0 Å². The molecule has 0 aromatic heterocycles. The quantitative estimate of drug-likeness (QED) is 0.779. The first kappa shape index (κ1) is 16.2. The fourth-order valence-electron chi connectivity index (χ4n) is 2.39. The molecule has 0 saturated heterocycles. The van der Waals surface area contributed by atoms with Crippen LogP contribution in [0.25, 0.3) is 0 Å². The van der Waals surface area contributed by atoms with Crippen molar-refractivity contribution in [2.75, 3.05) is 26.7 Å². The van der Waals surface area contributed by atoms with E-state index in [0.29, 0.717) is 11.8 Å². The third-order valence-corrected chi connectivity index (χ3v) is 3.71. The number of rotatable bonds is 8. The van der Waals surface area contributed by atoms with E-state index in [9.17, 15) is 0 Å². The molecule has 0 aliphatic heterocycles. The second-order valence-corrected chi connectivity index (χ2v) is 6.09. The van der Waals surface area contributed by atoms with Gasteiger partial charge in [-0.3, -0.25) is 0 Å². The van der Waals surface area contributed by atoms with Crippen LogP contribution in [0, 0.1) is 5.92 Å². The number of likely N-dealkylation sites (N-methyl/N-ethyl adjacent to an activating group) is 1. The van der Waals surface area contributed by atoms with Crippen molar-refractivity contribution in [3.63, 3.8) is 0 Å². The molecule has 108 valence electrons. The van der Waals surface area contributed by atoms with Crippen molar-refractivity contribution in [1.82, 2.24) is 4.90 Å². The number of benzene rings is 1. The zero-order valence-electron chi connectivity index (χ0n) is 13.0. The zero-order valence-corrected chi connectivity index (χ0v) is 13.0. The fraction of sp³-hybridized carbons (Fsp3) is 0.647. The van der Waals surface area contributed by atoms with Crippen molar-refractivity contribution in [2.45, 2.75) is 39.5 Å². The van der Waals surface area contributed by atoms with Crippen molar-refractivity contribution in [3.8, 4) is 0 Å². The summed E-state index contributed by atoms with van der Waals surface area (Å²) in [7, 11) is 2.20. The van der Waals surface area contributed by atoms with E-state index in [0.717, 1.165) is 32.5 Å². The predicted molar refractivity (Wildman–Crippen MR) is 84.6 cm³/mol. The van der Waals surface area contributed by atoms with Gasteiger partial charge in [-0.25, -0.2) is 0 Å². The highest BCUT2D eigenvalue weighted by Gasteiger charge is 2.06. The molecular weight excluding hydrogens is 232 g/mol. The molecule has 0 aliphatic carbocycles. The second kappa shape index (κ2) is 8.34. The first-order valence-corrected chi connectivity index (χ1v) is 7.50. The molecule has 2 nitrogen and oxygen atoms in total. The van der Waals surface area contributed by atoms with Gasteiger partial charge < -0.3 is 10.6 Å². The highest BCUT2D eigenvalue weighted by molar-refractivity contribution is 5.24. The summed E-state index contributed by atoms with van der Waals surface area (Å²) in [5, 5.41) is 0. The van der Waals surface area contributed by atoms with Crippen molar-refractivity contribution < 1.29 is 0 Å². The lowest BCUT2D eigenvalue weighted by Gasteiger charge is -2.21. The SMILES string of the molecule is CC(CCN)CN(C)CCc1ccc(C(C)C)cc1. The van der Waals surface area contributed by atoms with Crippen LogP contribution in [0.1, 0.15) is 44.2 Å². The van der Waals surface area contributed by atoms with Crippen molar-refractivity contribution in [1.29, 1.82) is 0 Å². The molecule has 0 amide bonds. The molecule has 1 aromatic carbocycles. The molecule has 0 saturated carbocycles. The maximum absolute atomic E-state index is 5.59. The third-order valence-electron chi connectivity index (χ3n) is 3.71. The van der Waals surface area contributed by atoms with E-state index in [-0.39, 0.29) is 0 Å². The van der Waals surface area contributed by atoms with Gasteiger partial charge in [0.15, 0.2) is 0 Å². The van der Waals surface area contributed by atoms with Gasteiger partial charge in [-0.1, -0.05) is 45.0 Å². The van der Waals surface area contributed by atoms with E-state index in [2.05, 4.69) is 57.0 Å². The first-order chi connectivity index (χ1) is 9.02. The molecule has 1 unspecified atom stereocenters. The fourth-order valence-corrected chi connectivity index (χ4v) is 2.39. The van der Waals surface area contributed by atoms with Gasteiger partial charge >= 0.3 is 0 Å².